The molecule has 0 aromatic heterocycles. The van der Waals surface area contributed by atoms with Gasteiger partial charge in [0.25, 0.3) is 0 Å². The molecule has 1 atom stereocenters. The predicted octanol–water partition coefficient (Wildman–Crippen LogP) is 5.12. The molecule has 0 bridgehead atoms. The van der Waals surface area contributed by atoms with Gasteiger partial charge >= 0.3 is 0 Å². The number of ketones is 1. The summed E-state index contributed by atoms with van der Waals surface area (Å²) in [5.74, 6) is -0.0233. The molecule has 0 unspecified atom stereocenters. The fourth-order valence-electron chi connectivity index (χ4n) is 2.59. The Morgan fingerprint density at radius 2 is 1.87 bits per heavy atom. The molecule has 23 heavy (non-hydrogen) atoms. The lowest BCUT2D eigenvalue weighted by Crippen LogP contribution is -2.19. The van der Waals surface area contributed by atoms with Gasteiger partial charge in [0.1, 0.15) is 5.50 Å². The molecule has 0 spiro atoms. The molecular formula is C20H18ClNO. The van der Waals surface area contributed by atoms with Crippen molar-refractivity contribution < 1.29 is 4.79 Å². The zero-order valence-corrected chi connectivity index (χ0v) is 13.9. The van der Waals surface area contributed by atoms with Gasteiger partial charge in [-0.25, -0.2) is 0 Å². The first-order chi connectivity index (χ1) is 11.0. The van der Waals surface area contributed by atoms with Crippen molar-refractivity contribution in [1.29, 1.82) is 0 Å². The molecule has 1 aliphatic rings. The van der Waals surface area contributed by atoms with Crippen LogP contribution in [-0.2, 0) is 0 Å². The average molecular weight is 324 g/mol. The fourth-order valence-corrected chi connectivity index (χ4v) is 2.83. The first-order valence-corrected chi connectivity index (χ1v) is 7.99. The SMILES string of the molecule is Cc1ccc(C(=O)/C=C/C2=Cc3cccc(C)c3N[C@H]2Cl)cc1. The van der Waals surface area contributed by atoms with Crippen LogP contribution in [0.5, 0.6) is 0 Å². The fraction of sp³-hybridized carbons (Fsp3) is 0.150. The van der Waals surface area contributed by atoms with Crippen LogP contribution in [0.1, 0.15) is 27.0 Å². The maximum atomic E-state index is 12.2. The van der Waals surface area contributed by atoms with Crippen molar-refractivity contribution >= 4 is 29.1 Å². The summed E-state index contributed by atoms with van der Waals surface area (Å²) < 4.78 is 0. The molecular weight excluding hydrogens is 306 g/mol. The highest BCUT2D eigenvalue weighted by Gasteiger charge is 2.18. The van der Waals surface area contributed by atoms with Crippen LogP contribution >= 0.6 is 11.6 Å². The van der Waals surface area contributed by atoms with Crippen molar-refractivity contribution in [3.63, 3.8) is 0 Å². The number of benzene rings is 2. The number of halogens is 1. The average Bonchev–Trinajstić information content (AvgIpc) is 2.54. The summed E-state index contributed by atoms with van der Waals surface area (Å²) in [4.78, 5) is 12.2. The van der Waals surface area contributed by atoms with Gasteiger partial charge in [0.05, 0.1) is 0 Å². The number of aryl methyl sites for hydroxylation is 2. The van der Waals surface area contributed by atoms with E-state index in [1.807, 2.05) is 62.4 Å². The first-order valence-electron chi connectivity index (χ1n) is 7.55. The summed E-state index contributed by atoms with van der Waals surface area (Å²) in [6.07, 6.45) is 5.39. The minimum Gasteiger partial charge on any atom is -0.365 e. The van der Waals surface area contributed by atoms with Crippen molar-refractivity contribution in [3.8, 4) is 0 Å². The van der Waals surface area contributed by atoms with Gasteiger partial charge in [0.15, 0.2) is 5.78 Å². The number of anilines is 1. The summed E-state index contributed by atoms with van der Waals surface area (Å²) >= 11 is 6.39. The summed E-state index contributed by atoms with van der Waals surface area (Å²) in [6.45, 7) is 4.05. The monoisotopic (exact) mass is 323 g/mol. The normalized spacial score (nSPS) is 16.7. The van der Waals surface area contributed by atoms with Crippen molar-refractivity contribution in [2.24, 2.45) is 0 Å². The second-order valence-electron chi connectivity index (χ2n) is 5.75. The summed E-state index contributed by atoms with van der Waals surface area (Å²) in [6, 6.07) is 13.6. The number of para-hydroxylation sites is 1. The molecule has 1 heterocycles. The molecule has 2 aromatic rings. The van der Waals surface area contributed by atoms with E-state index >= 15 is 0 Å². The van der Waals surface area contributed by atoms with E-state index in [0.29, 0.717) is 5.56 Å². The summed E-state index contributed by atoms with van der Waals surface area (Å²) in [5.41, 5.74) is 5.65. The number of hydrogen-bond donors (Lipinski definition) is 1. The van der Waals surface area contributed by atoms with Gasteiger partial charge in [0.2, 0.25) is 0 Å². The maximum Gasteiger partial charge on any atom is 0.185 e. The number of allylic oxidation sites excluding steroid dienone is 1. The lowest BCUT2D eigenvalue weighted by molar-refractivity contribution is 0.104. The van der Waals surface area contributed by atoms with Gasteiger partial charge in [-0.3, -0.25) is 4.79 Å². The van der Waals surface area contributed by atoms with Crippen molar-refractivity contribution in [2.45, 2.75) is 19.3 Å². The van der Waals surface area contributed by atoms with E-state index in [2.05, 4.69) is 5.32 Å². The molecule has 2 aromatic carbocycles. The van der Waals surface area contributed by atoms with Gasteiger partial charge in [-0.05, 0) is 42.7 Å². The number of nitrogens with one attached hydrogen (secondary N) is 1. The number of carbonyl (C=O) groups excluding carboxylic acids is 1. The van der Waals surface area contributed by atoms with E-state index < -0.39 is 0 Å². The Labute approximate surface area is 141 Å². The van der Waals surface area contributed by atoms with Crippen LogP contribution in [0, 0.1) is 13.8 Å². The van der Waals surface area contributed by atoms with E-state index in [1.54, 1.807) is 12.2 Å². The van der Waals surface area contributed by atoms with Gasteiger partial charge < -0.3 is 5.32 Å². The molecule has 3 heteroatoms. The molecule has 0 radical (unpaired) electrons. The topological polar surface area (TPSA) is 29.1 Å². The molecule has 116 valence electrons. The molecule has 0 saturated carbocycles. The molecule has 1 N–H and O–H groups in total. The lowest BCUT2D eigenvalue weighted by Gasteiger charge is -2.23. The largest absolute Gasteiger partial charge is 0.365 e. The minimum absolute atomic E-state index is 0.0233. The Kier molecular flexibility index (Phi) is 4.35. The maximum absolute atomic E-state index is 12.2. The highest BCUT2D eigenvalue weighted by molar-refractivity contribution is 6.24. The highest BCUT2D eigenvalue weighted by atomic mass is 35.5. The lowest BCUT2D eigenvalue weighted by atomic mass is 10.00. The third kappa shape index (κ3) is 3.38. The molecule has 0 amide bonds. The van der Waals surface area contributed by atoms with Crippen LogP contribution < -0.4 is 5.32 Å². The van der Waals surface area contributed by atoms with Crippen molar-refractivity contribution in [1.82, 2.24) is 0 Å². The Balaban J connectivity index is 1.84. The number of carbonyl (C=O) groups is 1. The van der Waals surface area contributed by atoms with E-state index in [-0.39, 0.29) is 11.3 Å². The molecule has 1 aliphatic heterocycles. The van der Waals surface area contributed by atoms with Gasteiger partial charge in [-0.15, -0.1) is 0 Å². The molecule has 0 aliphatic carbocycles. The quantitative estimate of drug-likeness (QED) is 0.368. The van der Waals surface area contributed by atoms with Crippen LogP contribution in [-0.4, -0.2) is 11.3 Å². The third-order valence-corrected chi connectivity index (χ3v) is 4.32. The molecule has 3 rings (SSSR count). The standard InChI is InChI=1S/C20H18ClNO/c1-13-6-8-15(9-7-13)18(23)11-10-17-12-16-5-3-4-14(2)19(16)22-20(17)21/h3-12,20,22H,1-2H3/b11-10+/t20-/m1/s1. The van der Waals surface area contributed by atoms with Crippen LogP contribution in [0.4, 0.5) is 5.69 Å². The first kappa shape index (κ1) is 15.6. The van der Waals surface area contributed by atoms with Crippen LogP contribution in [0.2, 0.25) is 0 Å². The number of alkyl halides is 1. The van der Waals surface area contributed by atoms with E-state index in [0.717, 1.165) is 28.0 Å². The zero-order chi connectivity index (χ0) is 16.4. The van der Waals surface area contributed by atoms with Crippen LogP contribution in [0.15, 0.2) is 60.2 Å². The Hall–Kier alpha value is -2.32. The number of fused-ring (bicyclic) bond motifs is 1. The second kappa shape index (κ2) is 6.43. The third-order valence-electron chi connectivity index (χ3n) is 3.95. The zero-order valence-electron chi connectivity index (χ0n) is 13.1. The number of rotatable bonds is 3. The Morgan fingerprint density at radius 1 is 1.13 bits per heavy atom. The summed E-state index contributed by atoms with van der Waals surface area (Å²) in [5, 5.41) is 3.28. The van der Waals surface area contributed by atoms with Crippen LogP contribution in [0.25, 0.3) is 6.08 Å². The Morgan fingerprint density at radius 3 is 2.61 bits per heavy atom. The van der Waals surface area contributed by atoms with Crippen molar-refractivity contribution in [3.05, 3.63) is 82.4 Å². The molecule has 0 fully saturated rings. The van der Waals surface area contributed by atoms with Crippen molar-refractivity contribution in [2.75, 3.05) is 5.32 Å². The van der Waals surface area contributed by atoms with Gasteiger partial charge in [-0.1, -0.05) is 65.7 Å². The predicted molar refractivity (Wildman–Crippen MR) is 97.1 cm³/mol. The van der Waals surface area contributed by atoms with Crippen LogP contribution in [0.3, 0.4) is 0 Å². The summed E-state index contributed by atoms with van der Waals surface area (Å²) in [7, 11) is 0. The molecule has 2 nitrogen and oxygen atoms in total. The van der Waals surface area contributed by atoms with Gasteiger partial charge in [0, 0.05) is 11.3 Å². The van der Waals surface area contributed by atoms with E-state index in [1.165, 1.54) is 0 Å². The van der Waals surface area contributed by atoms with E-state index in [9.17, 15) is 4.79 Å². The highest BCUT2D eigenvalue weighted by Crippen LogP contribution is 2.31. The number of hydrogen-bond acceptors (Lipinski definition) is 2. The molecule has 0 saturated heterocycles. The Bertz CT molecular complexity index is 803. The second-order valence-corrected chi connectivity index (χ2v) is 6.19. The van der Waals surface area contributed by atoms with Gasteiger partial charge in [-0.2, -0.15) is 0 Å². The smallest absolute Gasteiger partial charge is 0.185 e. The minimum atomic E-state index is -0.342. The van der Waals surface area contributed by atoms with E-state index in [4.69, 9.17) is 11.6 Å².